The van der Waals surface area contributed by atoms with Crippen LogP contribution in [0.1, 0.15) is 28.9 Å². The average molecular weight is 183 g/mol. The van der Waals surface area contributed by atoms with E-state index in [9.17, 15) is 4.79 Å². The number of halogens is 1. The summed E-state index contributed by atoms with van der Waals surface area (Å²) in [6, 6.07) is 5.37. The largest absolute Gasteiger partial charge is 0.454 e. The molecule has 0 saturated carbocycles. The van der Waals surface area contributed by atoms with Gasteiger partial charge in [0.2, 0.25) is 0 Å². The SMILES string of the molecule is CC1OC(=O)c2c(Cl)cccc21. The van der Waals surface area contributed by atoms with Crippen LogP contribution in [-0.2, 0) is 4.74 Å². The fourth-order valence-corrected chi connectivity index (χ4v) is 1.64. The number of benzene rings is 1. The molecule has 2 nitrogen and oxygen atoms in total. The predicted molar refractivity (Wildman–Crippen MR) is 45.3 cm³/mol. The van der Waals surface area contributed by atoms with Crippen LogP contribution in [0, 0.1) is 0 Å². The second kappa shape index (κ2) is 2.49. The van der Waals surface area contributed by atoms with Crippen molar-refractivity contribution < 1.29 is 9.53 Å². The number of hydrogen-bond acceptors (Lipinski definition) is 2. The van der Waals surface area contributed by atoms with E-state index in [1.54, 1.807) is 6.07 Å². The van der Waals surface area contributed by atoms with E-state index in [-0.39, 0.29) is 12.1 Å². The van der Waals surface area contributed by atoms with Crippen LogP contribution in [0.5, 0.6) is 0 Å². The molecule has 2 rings (SSSR count). The molecule has 0 aliphatic carbocycles. The van der Waals surface area contributed by atoms with Gasteiger partial charge in [0.25, 0.3) is 0 Å². The summed E-state index contributed by atoms with van der Waals surface area (Å²) in [6.07, 6.45) is -0.161. The van der Waals surface area contributed by atoms with Gasteiger partial charge in [0.15, 0.2) is 0 Å². The standard InChI is InChI=1S/C9H7ClO2/c1-5-6-3-2-4-7(10)8(6)9(11)12-5/h2-5H,1H3. The van der Waals surface area contributed by atoms with Crippen LogP contribution in [0.3, 0.4) is 0 Å². The monoisotopic (exact) mass is 182 g/mol. The molecule has 0 spiro atoms. The topological polar surface area (TPSA) is 26.3 Å². The molecule has 1 heterocycles. The number of rotatable bonds is 0. The summed E-state index contributed by atoms with van der Waals surface area (Å²) in [7, 11) is 0. The Morgan fingerprint density at radius 3 is 2.92 bits per heavy atom. The molecule has 0 amide bonds. The first-order valence-corrected chi connectivity index (χ1v) is 4.07. The van der Waals surface area contributed by atoms with Crippen LogP contribution in [0.25, 0.3) is 0 Å². The van der Waals surface area contributed by atoms with Gasteiger partial charge >= 0.3 is 5.97 Å². The average Bonchev–Trinajstić information content (AvgIpc) is 2.29. The first kappa shape index (κ1) is 7.62. The van der Waals surface area contributed by atoms with Gasteiger partial charge in [0.1, 0.15) is 6.10 Å². The molecule has 1 atom stereocenters. The zero-order chi connectivity index (χ0) is 8.72. The summed E-state index contributed by atoms with van der Waals surface area (Å²) in [6.45, 7) is 1.83. The number of esters is 1. The van der Waals surface area contributed by atoms with Gasteiger partial charge in [-0.15, -0.1) is 0 Å². The molecule has 0 aromatic heterocycles. The second-order valence-electron chi connectivity index (χ2n) is 2.75. The number of fused-ring (bicyclic) bond motifs is 1. The third kappa shape index (κ3) is 0.916. The number of carbonyl (C=O) groups is 1. The lowest BCUT2D eigenvalue weighted by molar-refractivity contribution is 0.0422. The smallest absolute Gasteiger partial charge is 0.340 e. The van der Waals surface area contributed by atoms with Gasteiger partial charge in [-0.05, 0) is 13.0 Å². The van der Waals surface area contributed by atoms with Gasteiger partial charge in [0, 0.05) is 5.56 Å². The normalized spacial score (nSPS) is 20.5. The minimum atomic E-state index is -0.317. The van der Waals surface area contributed by atoms with E-state index >= 15 is 0 Å². The van der Waals surface area contributed by atoms with Gasteiger partial charge in [-0.2, -0.15) is 0 Å². The highest BCUT2D eigenvalue weighted by Crippen LogP contribution is 2.34. The van der Waals surface area contributed by atoms with Gasteiger partial charge in [-0.3, -0.25) is 0 Å². The third-order valence-electron chi connectivity index (χ3n) is 1.97. The highest BCUT2D eigenvalue weighted by Gasteiger charge is 2.29. The van der Waals surface area contributed by atoms with Crippen LogP contribution in [0.15, 0.2) is 18.2 Å². The van der Waals surface area contributed by atoms with Gasteiger partial charge < -0.3 is 4.74 Å². The molecule has 62 valence electrons. The molecule has 1 aliphatic heterocycles. The Morgan fingerprint density at radius 2 is 2.25 bits per heavy atom. The fourth-order valence-electron chi connectivity index (χ4n) is 1.38. The Labute approximate surface area is 75.1 Å². The van der Waals surface area contributed by atoms with Crippen LogP contribution in [0.4, 0.5) is 0 Å². The van der Waals surface area contributed by atoms with Crippen molar-refractivity contribution in [1.82, 2.24) is 0 Å². The van der Waals surface area contributed by atoms with Crippen molar-refractivity contribution in [2.75, 3.05) is 0 Å². The van der Waals surface area contributed by atoms with Crippen LogP contribution in [-0.4, -0.2) is 5.97 Å². The van der Waals surface area contributed by atoms with Crippen molar-refractivity contribution in [3.63, 3.8) is 0 Å². The number of carbonyl (C=O) groups excluding carboxylic acids is 1. The Balaban J connectivity index is 2.67. The molecule has 0 saturated heterocycles. The lowest BCUT2D eigenvalue weighted by Gasteiger charge is -2.00. The first-order chi connectivity index (χ1) is 5.70. The van der Waals surface area contributed by atoms with Crippen molar-refractivity contribution in [2.45, 2.75) is 13.0 Å². The molecule has 0 bridgehead atoms. The lowest BCUT2D eigenvalue weighted by Crippen LogP contribution is -1.94. The molecule has 3 heteroatoms. The van der Waals surface area contributed by atoms with Crippen molar-refractivity contribution in [2.24, 2.45) is 0 Å². The van der Waals surface area contributed by atoms with Crippen molar-refractivity contribution in [1.29, 1.82) is 0 Å². The summed E-state index contributed by atoms with van der Waals surface area (Å²) in [5.74, 6) is -0.317. The van der Waals surface area contributed by atoms with E-state index in [1.807, 2.05) is 19.1 Å². The third-order valence-corrected chi connectivity index (χ3v) is 2.29. The summed E-state index contributed by atoms with van der Waals surface area (Å²) in [5.41, 5.74) is 1.40. The predicted octanol–water partition coefficient (Wildman–Crippen LogP) is 2.57. The maximum Gasteiger partial charge on any atom is 0.340 e. The second-order valence-corrected chi connectivity index (χ2v) is 3.16. The maximum atomic E-state index is 11.2. The van der Waals surface area contributed by atoms with E-state index in [1.165, 1.54) is 0 Å². The number of hydrogen-bond donors (Lipinski definition) is 0. The van der Waals surface area contributed by atoms with Crippen molar-refractivity contribution in [3.8, 4) is 0 Å². The Bertz CT molecular complexity index is 346. The summed E-state index contributed by atoms with van der Waals surface area (Å²) in [5, 5.41) is 0.474. The van der Waals surface area contributed by atoms with Crippen LogP contribution >= 0.6 is 11.6 Å². The minimum Gasteiger partial charge on any atom is -0.454 e. The lowest BCUT2D eigenvalue weighted by atomic mass is 10.1. The van der Waals surface area contributed by atoms with Crippen molar-refractivity contribution >= 4 is 17.6 Å². The molecular formula is C9H7ClO2. The highest BCUT2D eigenvalue weighted by molar-refractivity contribution is 6.34. The van der Waals surface area contributed by atoms with E-state index in [4.69, 9.17) is 16.3 Å². The summed E-state index contributed by atoms with van der Waals surface area (Å²) in [4.78, 5) is 11.2. The quantitative estimate of drug-likeness (QED) is 0.577. The first-order valence-electron chi connectivity index (χ1n) is 3.69. The Hall–Kier alpha value is -1.02. The maximum absolute atomic E-state index is 11.2. The molecule has 1 aromatic carbocycles. The van der Waals surface area contributed by atoms with E-state index < -0.39 is 0 Å². The zero-order valence-corrected chi connectivity index (χ0v) is 7.26. The molecular weight excluding hydrogens is 176 g/mol. The molecule has 0 N–H and O–H groups in total. The van der Waals surface area contributed by atoms with E-state index in [0.717, 1.165) is 5.56 Å². The van der Waals surface area contributed by atoms with Crippen LogP contribution in [0.2, 0.25) is 5.02 Å². The molecule has 0 radical (unpaired) electrons. The number of ether oxygens (including phenoxy) is 1. The molecule has 0 fully saturated rings. The minimum absolute atomic E-state index is 0.161. The number of cyclic esters (lactones) is 1. The molecule has 1 unspecified atom stereocenters. The summed E-state index contributed by atoms with van der Waals surface area (Å²) >= 11 is 5.83. The van der Waals surface area contributed by atoms with Crippen LogP contribution < -0.4 is 0 Å². The van der Waals surface area contributed by atoms with E-state index in [2.05, 4.69) is 0 Å². The highest BCUT2D eigenvalue weighted by atomic mass is 35.5. The van der Waals surface area contributed by atoms with E-state index in [0.29, 0.717) is 10.6 Å². The Morgan fingerprint density at radius 1 is 1.50 bits per heavy atom. The molecule has 1 aromatic rings. The van der Waals surface area contributed by atoms with Gasteiger partial charge in [-0.1, -0.05) is 23.7 Å². The molecule has 1 aliphatic rings. The van der Waals surface area contributed by atoms with Gasteiger partial charge in [-0.25, -0.2) is 4.79 Å². The summed E-state index contributed by atoms with van der Waals surface area (Å²) < 4.78 is 4.99. The Kier molecular flexibility index (Phi) is 1.58. The van der Waals surface area contributed by atoms with Gasteiger partial charge in [0.05, 0.1) is 10.6 Å². The molecule has 12 heavy (non-hydrogen) atoms. The van der Waals surface area contributed by atoms with Crippen molar-refractivity contribution in [3.05, 3.63) is 34.3 Å². The zero-order valence-electron chi connectivity index (χ0n) is 6.50. The fraction of sp³-hybridized carbons (Fsp3) is 0.222.